The second-order valence-electron chi connectivity index (χ2n) is 5.23. The lowest BCUT2D eigenvalue weighted by Gasteiger charge is -2.32. The number of anilines is 1. The zero-order valence-electron chi connectivity index (χ0n) is 12.9. The van der Waals surface area contributed by atoms with Crippen LogP contribution in [0.4, 0.5) is 5.95 Å². The average molecular weight is 278 g/mol. The standard InChI is InChI=1S/C15H26N4O/c1-4-16-9-13-10-17-15(18-12(13)3)19-8-6-7-14(11-19)20-5-2/h10,14,16H,4-9,11H2,1-3H3. The van der Waals surface area contributed by atoms with Crippen LogP contribution in [0.1, 0.15) is 37.9 Å². The van der Waals surface area contributed by atoms with Gasteiger partial charge in [0.05, 0.1) is 6.10 Å². The van der Waals surface area contributed by atoms with Crippen LogP contribution in [0.5, 0.6) is 0 Å². The normalized spacial score (nSPS) is 19.4. The predicted molar refractivity (Wildman–Crippen MR) is 81.0 cm³/mol. The Kier molecular flexibility index (Phi) is 5.73. The fourth-order valence-electron chi connectivity index (χ4n) is 2.56. The van der Waals surface area contributed by atoms with Gasteiger partial charge in [0.15, 0.2) is 0 Å². The monoisotopic (exact) mass is 278 g/mol. The number of piperidine rings is 1. The van der Waals surface area contributed by atoms with Crippen LogP contribution < -0.4 is 10.2 Å². The molecule has 1 atom stereocenters. The molecule has 0 aliphatic carbocycles. The highest BCUT2D eigenvalue weighted by Crippen LogP contribution is 2.19. The third-order valence-corrected chi connectivity index (χ3v) is 3.70. The minimum atomic E-state index is 0.319. The fraction of sp³-hybridized carbons (Fsp3) is 0.733. The summed E-state index contributed by atoms with van der Waals surface area (Å²) in [5.41, 5.74) is 2.24. The van der Waals surface area contributed by atoms with E-state index in [9.17, 15) is 0 Å². The van der Waals surface area contributed by atoms with Gasteiger partial charge in [-0.1, -0.05) is 6.92 Å². The molecule has 1 aromatic rings. The van der Waals surface area contributed by atoms with Gasteiger partial charge in [0.25, 0.3) is 0 Å². The summed E-state index contributed by atoms with van der Waals surface area (Å²) in [7, 11) is 0. The molecule has 0 amide bonds. The van der Waals surface area contributed by atoms with E-state index in [2.05, 4.69) is 41.0 Å². The minimum absolute atomic E-state index is 0.319. The van der Waals surface area contributed by atoms with Gasteiger partial charge in [0, 0.05) is 43.7 Å². The Morgan fingerprint density at radius 1 is 1.45 bits per heavy atom. The third-order valence-electron chi connectivity index (χ3n) is 3.70. The molecule has 2 rings (SSSR count). The average Bonchev–Trinajstić information content (AvgIpc) is 2.46. The first-order chi connectivity index (χ1) is 9.74. The Balaban J connectivity index is 2.03. The largest absolute Gasteiger partial charge is 0.377 e. The molecule has 1 N–H and O–H groups in total. The van der Waals surface area contributed by atoms with Gasteiger partial charge >= 0.3 is 0 Å². The van der Waals surface area contributed by atoms with E-state index in [0.717, 1.165) is 57.3 Å². The first-order valence-electron chi connectivity index (χ1n) is 7.64. The van der Waals surface area contributed by atoms with Crippen LogP contribution in [-0.2, 0) is 11.3 Å². The van der Waals surface area contributed by atoms with E-state index < -0.39 is 0 Å². The van der Waals surface area contributed by atoms with Crippen molar-refractivity contribution in [2.24, 2.45) is 0 Å². The number of rotatable bonds is 6. The van der Waals surface area contributed by atoms with Crippen LogP contribution in [0.25, 0.3) is 0 Å². The smallest absolute Gasteiger partial charge is 0.225 e. The van der Waals surface area contributed by atoms with Crippen molar-refractivity contribution in [1.29, 1.82) is 0 Å². The summed E-state index contributed by atoms with van der Waals surface area (Å²) >= 11 is 0. The van der Waals surface area contributed by atoms with Crippen LogP contribution in [0.3, 0.4) is 0 Å². The van der Waals surface area contributed by atoms with Crippen LogP contribution >= 0.6 is 0 Å². The molecule has 1 aliphatic heterocycles. The Labute approximate surface area is 121 Å². The lowest BCUT2D eigenvalue weighted by atomic mass is 10.1. The number of ether oxygens (including phenoxy) is 1. The summed E-state index contributed by atoms with van der Waals surface area (Å²) in [6.07, 6.45) is 4.55. The molecule has 1 fully saturated rings. The van der Waals surface area contributed by atoms with Crippen molar-refractivity contribution in [1.82, 2.24) is 15.3 Å². The highest BCUT2D eigenvalue weighted by Gasteiger charge is 2.22. The Hall–Kier alpha value is -1.20. The summed E-state index contributed by atoms with van der Waals surface area (Å²) < 4.78 is 5.73. The van der Waals surface area contributed by atoms with Crippen molar-refractivity contribution in [3.63, 3.8) is 0 Å². The van der Waals surface area contributed by atoms with E-state index in [1.165, 1.54) is 5.56 Å². The molecule has 0 saturated carbocycles. The van der Waals surface area contributed by atoms with Crippen LogP contribution in [-0.4, -0.2) is 42.3 Å². The van der Waals surface area contributed by atoms with Crippen molar-refractivity contribution < 1.29 is 4.74 Å². The quantitative estimate of drug-likeness (QED) is 0.861. The van der Waals surface area contributed by atoms with Gasteiger partial charge in [0.1, 0.15) is 0 Å². The number of hydrogen-bond acceptors (Lipinski definition) is 5. The first-order valence-corrected chi connectivity index (χ1v) is 7.64. The second-order valence-corrected chi connectivity index (χ2v) is 5.23. The molecule has 112 valence electrons. The molecule has 2 heterocycles. The third kappa shape index (κ3) is 3.90. The molecule has 5 nitrogen and oxygen atoms in total. The van der Waals surface area contributed by atoms with Gasteiger partial charge < -0.3 is 15.0 Å². The maximum absolute atomic E-state index is 5.73. The molecular formula is C15H26N4O. The van der Waals surface area contributed by atoms with Crippen LogP contribution in [0.2, 0.25) is 0 Å². The summed E-state index contributed by atoms with van der Waals surface area (Å²) in [5.74, 6) is 0.840. The number of aryl methyl sites for hydroxylation is 1. The molecule has 1 unspecified atom stereocenters. The Morgan fingerprint density at radius 3 is 3.00 bits per heavy atom. The molecule has 20 heavy (non-hydrogen) atoms. The van der Waals surface area contributed by atoms with Gasteiger partial charge in [-0.05, 0) is 33.2 Å². The topological polar surface area (TPSA) is 50.3 Å². The highest BCUT2D eigenvalue weighted by molar-refractivity contribution is 5.33. The molecule has 0 bridgehead atoms. The zero-order valence-corrected chi connectivity index (χ0v) is 12.9. The maximum Gasteiger partial charge on any atom is 0.225 e. The molecule has 1 aliphatic rings. The van der Waals surface area contributed by atoms with E-state index in [1.807, 2.05) is 6.20 Å². The number of nitrogens with zero attached hydrogens (tertiary/aromatic N) is 3. The minimum Gasteiger partial charge on any atom is -0.377 e. The number of hydrogen-bond donors (Lipinski definition) is 1. The van der Waals surface area contributed by atoms with Crippen molar-refractivity contribution in [2.75, 3.05) is 31.1 Å². The molecule has 0 aromatic carbocycles. The maximum atomic E-state index is 5.73. The fourth-order valence-corrected chi connectivity index (χ4v) is 2.56. The van der Waals surface area contributed by atoms with Crippen molar-refractivity contribution >= 4 is 5.95 Å². The van der Waals surface area contributed by atoms with Gasteiger partial charge in [-0.3, -0.25) is 0 Å². The van der Waals surface area contributed by atoms with Crippen LogP contribution in [0, 0.1) is 6.92 Å². The molecular weight excluding hydrogens is 252 g/mol. The van der Waals surface area contributed by atoms with Gasteiger partial charge in [0.2, 0.25) is 5.95 Å². The van der Waals surface area contributed by atoms with Crippen molar-refractivity contribution in [2.45, 2.75) is 46.3 Å². The molecule has 0 radical (unpaired) electrons. The lowest BCUT2D eigenvalue weighted by molar-refractivity contribution is 0.0523. The molecule has 0 spiro atoms. The van der Waals surface area contributed by atoms with Gasteiger partial charge in [-0.25, -0.2) is 9.97 Å². The van der Waals surface area contributed by atoms with E-state index in [4.69, 9.17) is 4.74 Å². The summed E-state index contributed by atoms with van der Waals surface area (Å²) in [6, 6.07) is 0. The highest BCUT2D eigenvalue weighted by atomic mass is 16.5. The Morgan fingerprint density at radius 2 is 2.30 bits per heavy atom. The Bertz CT molecular complexity index is 422. The van der Waals surface area contributed by atoms with Gasteiger partial charge in [-0.15, -0.1) is 0 Å². The summed E-state index contributed by atoms with van der Waals surface area (Å²) in [6.45, 7) is 10.7. The number of aromatic nitrogens is 2. The second kappa shape index (κ2) is 7.55. The van der Waals surface area contributed by atoms with E-state index in [1.54, 1.807) is 0 Å². The number of nitrogens with one attached hydrogen (secondary N) is 1. The van der Waals surface area contributed by atoms with Gasteiger partial charge in [-0.2, -0.15) is 0 Å². The zero-order chi connectivity index (χ0) is 14.4. The summed E-state index contributed by atoms with van der Waals surface area (Å²) in [5, 5.41) is 3.31. The van der Waals surface area contributed by atoms with Crippen molar-refractivity contribution in [3.8, 4) is 0 Å². The lowest BCUT2D eigenvalue weighted by Crippen LogP contribution is -2.40. The molecule has 5 heteroatoms. The summed E-state index contributed by atoms with van der Waals surface area (Å²) in [4.78, 5) is 11.4. The predicted octanol–water partition coefficient (Wildman–Crippen LogP) is 1.90. The van der Waals surface area contributed by atoms with E-state index >= 15 is 0 Å². The van der Waals surface area contributed by atoms with E-state index in [-0.39, 0.29) is 0 Å². The van der Waals surface area contributed by atoms with Crippen LogP contribution in [0.15, 0.2) is 6.20 Å². The first kappa shape index (κ1) is 15.2. The van der Waals surface area contributed by atoms with E-state index in [0.29, 0.717) is 6.10 Å². The molecule has 1 aromatic heterocycles. The SMILES string of the molecule is CCNCc1cnc(N2CCCC(OCC)C2)nc1C. The molecule has 1 saturated heterocycles. The van der Waals surface area contributed by atoms with Crippen molar-refractivity contribution in [3.05, 3.63) is 17.5 Å².